The predicted octanol–water partition coefficient (Wildman–Crippen LogP) is 1.47. The third-order valence-electron chi connectivity index (χ3n) is 3.59. The van der Waals surface area contributed by atoms with Crippen molar-refractivity contribution >= 4 is 5.82 Å². The molecule has 0 bridgehead atoms. The van der Waals surface area contributed by atoms with Crippen LogP contribution in [-0.4, -0.2) is 56.0 Å². The Morgan fingerprint density at radius 3 is 3.10 bits per heavy atom. The van der Waals surface area contributed by atoms with Gasteiger partial charge in [-0.2, -0.15) is 4.98 Å². The molecule has 0 saturated carbocycles. The first-order chi connectivity index (χ1) is 10.3. The Morgan fingerprint density at radius 2 is 2.29 bits per heavy atom. The van der Waals surface area contributed by atoms with E-state index in [1.54, 1.807) is 13.3 Å². The lowest BCUT2D eigenvalue weighted by molar-refractivity contribution is 0.199. The van der Waals surface area contributed by atoms with Crippen molar-refractivity contribution in [2.24, 2.45) is 0 Å². The first-order valence-electron chi connectivity index (χ1n) is 7.76. The number of nitrogens with one attached hydrogen (secondary N) is 1. The number of nitrogens with zero attached hydrogens (tertiary/aromatic N) is 3. The first kappa shape index (κ1) is 16.0. The average Bonchev–Trinajstić information content (AvgIpc) is 2.98. The molecule has 2 heterocycles. The lowest BCUT2D eigenvalue weighted by atomic mass is 10.2. The third kappa shape index (κ3) is 4.82. The molecule has 2 rings (SSSR count). The van der Waals surface area contributed by atoms with Gasteiger partial charge in [-0.05, 0) is 19.3 Å². The van der Waals surface area contributed by atoms with Crippen molar-refractivity contribution in [2.45, 2.75) is 32.2 Å². The van der Waals surface area contributed by atoms with E-state index >= 15 is 0 Å². The summed E-state index contributed by atoms with van der Waals surface area (Å²) >= 11 is 0. The molecular formula is C15H26N4O2. The van der Waals surface area contributed by atoms with Crippen LogP contribution in [0.25, 0.3) is 0 Å². The molecule has 21 heavy (non-hydrogen) atoms. The zero-order valence-electron chi connectivity index (χ0n) is 13.0. The predicted molar refractivity (Wildman–Crippen MR) is 82.9 cm³/mol. The average molecular weight is 294 g/mol. The standard InChI is InChI=1S/C15H26N4O2/c1-3-8-21-15-12-17-11-14(18-15)19-7-4-5-13(19)10-16-6-9-20-2/h11-13,16H,3-10H2,1-2H3. The molecule has 0 amide bonds. The maximum absolute atomic E-state index is 5.57. The summed E-state index contributed by atoms with van der Waals surface area (Å²) in [6, 6.07) is 0.470. The van der Waals surface area contributed by atoms with Crippen molar-refractivity contribution in [1.82, 2.24) is 15.3 Å². The van der Waals surface area contributed by atoms with Crippen LogP contribution in [0.15, 0.2) is 12.4 Å². The SMILES string of the molecule is CCCOc1cncc(N2CCCC2CNCCOC)n1. The Labute approximate surface area is 126 Å². The summed E-state index contributed by atoms with van der Waals surface area (Å²) in [6.07, 6.45) is 6.86. The summed E-state index contributed by atoms with van der Waals surface area (Å²) < 4.78 is 10.6. The molecule has 1 aromatic rings. The fraction of sp³-hybridized carbons (Fsp3) is 0.733. The van der Waals surface area contributed by atoms with E-state index in [9.17, 15) is 0 Å². The van der Waals surface area contributed by atoms with Gasteiger partial charge in [-0.25, -0.2) is 0 Å². The van der Waals surface area contributed by atoms with Crippen molar-refractivity contribution in [3.05, 3.63) is 12.4 Å². The molecule has 1 aliphatic heterocycles. The number of rotatable bonds is 9. The number of ether oxygens (including phenoxy) is 2. The van der Waals surface area contributed by atoms with E-state index in [2.05, 4.69) is 27.1 Å². The van der Waals surface area contributed by atoms with Crippen LogP contribution in [-0.2, 0) is 4.74 Å². The van der Waals surface area contributed by atoms with Crippen LogP contribution in [0.5, 0.6) is 5.88 Å². The second-order valence-corrected chi connectivity index (χ2v) is 5.25. The van der Waals surface area contributed by atoms with Gasteiger partial charge in [-0.3, -0.25) is 4.98 Å². The normalized spacial score (nSPS) is 18.2. The molecule has 1 atom stereocenters. The minimum Gasteiger partial charge on any atom is -0.477 e. The quantitative estimate of drug-likeness (QED) is 0.696. The van der Waals surface area contributed by atoms with Gasteiger partial charge in [0.15, 0.2) is 5.82 Å². The maximum atomic E-state index is 5.57. The molecule has 1 saturated heterocycles. The van der Waals surface area contributed by atoms with Crippen molar-refractivity contribution in [3.8, 4) is 5.88 Å². The first-order valence-corrected chi connectivity index (χ1v) is 7.76. The summed E-state index contributed by atoms with van der Waals surface area (Å²) in [5.74, 6) is 1.53. The van der Waals surface area contributed by atoms with E-state index < -0.39 is 0 Å². The second kappa shape index (κ2) is 8.79. The molecule has 0 aromatic carbocycles. The highest BCUT2D eigenvalue weighted by molar-refractivity contribution is 5.40. The molecule has 1 fully saturated rings. The van der Waals surface area contributed by atoms with Gasteiger partial charge in [0.2, 0.25) is 5.88 Å². The second-order valence-electron chi connectivity index (χ2n) is 5.25. The Morgan fingerprint density at radius 1 is 1.38 bits per heavy atom. The highest BCUT2D eigenvalue weighted by atomic mass is 16.5. The molecule has 6 nitrogen and oxygen atoms in total. The molecule has 6 heteroatoms. The van der Waals surface area contributed by atoms with E-state index in [-0.39, 0.29) is 0 Å². The monoisotopic (exact) mass is 294 g/mol. The zero-order chi connectivity index (χ0) is 14.9. The van der Waals surface area contributed by atoms with Crippen LogP contribution in [0.1, 0.15) is 26.2 Å². The van der Waals surface area contributed by atoms with Gasteiger partial charge in [0, 0.05) is 32.8 Å². The minimum atomic E-state index is 0.470. The largest absolute Gasteiger partial charge is 0.477 e. The topological polar surface area (TPSA) is 59.5 Å². The molecule has 1 N–H and O–H groups in total. The van der Waals surface area contributed by atoms with Gasteiger partial charge in [-0.1, -0.05) is 6.92 Å². The van der Waals surface area contributed by atoms with Crippen LogP contribution < -0.4 is 15.0 Å². The van der Waals surface area contributed by atoms with Crippen molar-refractivity contribution in [2.75, 3.05) is 44.9 Å². The van der Waals surface area contributed by atoms with Gasteiger partial charge in [0.25, 0.3) is 0 Å². The van der Waals surface area contributed by atoms with Crippen molar-refractivity contribution in [1.29, 1.82) is 0 Å². The van der Waals surface area contributed by atoms with E-state index in [0.29, 0.717) is 18.5 Å². The van der Waals surface area contributed by atoms with E-state index in [1.165, 1.54) is 12.8 Å². The van der Waals surface area contributed by atoms with Crippen molar-refractivity contribution in [3.63, 3.8) is 0 Å². The van der Waals surface area contributed by atoms with Crippen LogP contribution >= 0.6 is 0 Å². The Bertz CT molecular complexity index is 416. The summed E-state index contributed by atoms with van der Waals surface area (Å²) in [5.41, 5.74) is 0. The van der Waals surface area contributed by atoms with Crippen LogP contribution in [0.3, 0.4) is 0 Å². The van der Waals surface area contributed by atoms with Gasteiger partial charge >= 0.3 is 0 Å². The number of aromatic nitrogens is 2. The smallest absolute Gasteiger partial charge is 0.234 e. The number of hydrogen-bond acceptors (Lipinski definition) is 6. The molecule has 0 spiro atoms. The summed E-state index contributed by atoms with van der Waals surface area (Å²) in [4.78, 5) is 11.2. The van der Waals surface area contributed by atoms with E-state index in [4.69, 9.17) is 9.47 Å². The van der Waals surface area contributed by atoms with Gasteiger partial charge in [0.05, 0.1) is 25.6 Å². The fourth-order valence-electron chi connectivity index (χ4n) is 2.55. The number of anilines is 1. The Hall–Kier alpha value is -1.40. The van der Waals surface area contributed by atoms with Crippen LogP contribution in [0.2, 0.25) is 0 Å². The molecule has 0 radical (unpaired) electrons. The molecule has 0 aliphatic carbocycles. The molecular weight excluding hydrogens is 268 g/mol. The lowest BCUT2D eigenvalue weighted by Crippen LogP contribution is -2.39. The van der Waals surface area contributed by atoms with E-state index in [1.807, 2.05) is 6.20 Å². The summed E-state index contributed by atoms with van der Waals surface area (Å²) in [6.45, 7) is 6.37. The van der Waals surface area contributed by atoms with E-state index in [0.717, 1.165) is 38.5 Å². The molecule has 1 aromatic heterocycles. The molecule has 1 aliphatic rings. The summed E-state index contributed by atoms with van der Waals surface area (Å²) in [5, 5.41) is 3.43. The van der Waals surface area contributed by atoms with Crippen LogP contribution in [0, 0.1) is 0 Å². The zero-order valence-corrected chi connectivity index (χ0v) is 13.0. The lowest BCUT2D eigenvalue weighted by Gasteiger charge is -2.26. The number of hydrogen-bond donors (Lipinski definition) is 1. The third-order valence-corrected chi connectivity index (χ3v) is 3.59. The van der Waals surface area contributed by atoms with Gasteiger partial charge in [-0.15, -0.1) is 0 Å². The maximum Gasteiger partial charge on any atom is 0.234 e. The highest BCUT2D eigenvalue weighted by Crippen LogP contribution is 2.24. The molecule has 1 unspecified atom stereocenters. The van der Waals surface area contributed by atoms with Gasteiger partial charge < -0.3 is 19.7 Å². The van der Waals surface area contributed by atoms with Crippen molar-refractivity contribution < 1.29 is 9.47 Å². The Balaban J connectivity index is 1.92. The Kier molecular flexibility index (Phi) is 6.69. The molecule has 118 valence electrons. The van der Waals surface area contributed by atoms with Gasteiger partial charge in [0.1, 0.15) is 0 Å². The summed E-state index contributed by atoms with van der Waals surface area (Å²) in [7, 11) is 1.72. The number of methoxy groups -OCH3 is 1. The minimum absolute atomic E-state index is 0.470. The fourth-order valence-corrected chi connectivity index (χ4v) is 2.55. The highest BCUT2D eigenvalue weighted by Gasteiger charge is 2.25. The van der Waals surface area contributed by atoms with Crippen LogP contribution in [0.4, 0.5) is 5.82 Å².